The van der Waals surface area contributed by atoms with Crippen LogP contribution in [-0.2, 0) is 0 Å². The summed E-state index contributed by atoms with van der Waals surface area (Å²) in [6, 6.07) is 0.604. The summed E-state index contributed by atoms with van der Waals surface area (Å²) >= 11 is 0. The van der Waals surface area contributed by atoms with E-state index in [-0.39, 0.29) is 0 Å². The first-order valence-electron chi connectivity index (χ1n) is 4.77. The maximum absolute atomic E-state index is 5.17. The Kier molecular flexibility index (Phi) is 4.23. The van der Waals surface area contributed by atoms with E-state index in [1.165, 1.54) is 6.54 Å². The number of hydrogen-bond acceptors (Lipinski definition) is 3. The summed E-state index contributed by atoms with van der Waals surface area (Å²) in [4.78, 5) is 4.76. The van der Waals surface area contributed by atoms with Crippen LogP contribution in [0.3, 0.4) is 0 Å². The predicted octanol–water partition coefficient (Wildman–Crippen LogP) is -0.545. The minimum atomic E-state index is 0.604. The van der Waals surface area contributed by atoms with Crippen LogP contribution in [-0.4, -0.2) is 62.7 Å². The number of nitrogens with one attached hydrogen (secondary N) is 1. The van der Waals surface area contributed by atoms with Crippen LogP contribution in [0.4, 0.5) is 0 Å². The lowest BCUT2D eigenvalue weighted by molar-refractivity contribution is 0.114. The van der Waals surface area contributed by atoms with E-state index in [0.717, 1.165) is 19.6 Å². The highest BCUT2D eigenvalue weighted by atomic mass is 15.3. The Bertz CT molecular complexity index is 185. The maximum Gasteiger partial charge on any atom is 0.0574 e. The van der Waals surface area contributed by atoms with Gasteiger partial charge in [-0.3, -0.25) is 4.90 Å². The number of piperazine rings is 1. The van der Waals surface area contributed by atoms with E-state index in [9.17, 15) is 0 Å². The van der Waals surface area contributed by atoms with Gasteiger partial charge in [0, 0.05) is 32.2 Å². The lowest BCUT2D eigenvalue weighted by Crippen LogP contribution is -2.53. The van der Waals surface area contributed by atoms with E-state index >= 15 is 0 Å². The van der Waals surface area contributed by atoms with Gasteiger partial charge in [0.05, 0.1) is 6.54 Å². The average molecular weight is 181 g/mol. The van der Waals surface area contributed by atoms with Crippen LogP contribution in [0.5, 0.6) is 0 Å². The Labute approximate surface area is 81.1 Å². The normalized spacial score (nSPS) is 25.8. The van der Waals surface area contributed by atoms with Crippen molar-refractivity contribution >= 4 is 0 Å². The van der Waals surface area contributed by atoms with Gasteiger partial charge in [-0.2, -0.15) is 0 Å². The topological polar surface area (TPSA) is 18.5 Å². The van der Waals surface area contributed by atoms with Gasteiger partial charge < -0.3 is 10.2 Å². The fourth-order valence-corrected chi connectivity index (χ4v) is 1.63. The molecule has 0 aromatic carbocycles. The molecule has 0 saturated carbocycles. The van der Waals surface area contributed by atoms with Crippen molar-refractivity contribution < 1.29 is 0 Å². The van der Waals surface area contributed by atoms with Gasteiger partial charge in [-0.15, -0.1) is 6.42 Å². The van der Waals surface area contributed by atoms with Crippen molar-refractivity contribution in [1.29, 1.82) is 0 Å². The van der Waals surface area contributed by atoms with Crippen LogP contribution in [0, 0.1) is 12.3 Å². The van der Waals surface area contributed by atoms with Crippen molar-refractivity contribution in [3.63, 3.8) is 0 Å². The predicted molar refractivity (Wildman–Crippen MR) is 55.6 cm³/mol. The van der Waals surface area contributed by atoms with Crippen LogP contribution < -0.4 is 5.32 Å². The summed E-state index contributed by atoms with van der Waals surface area (Å²) in [6.07, 6.45) is 5.17. The Morgan fingerprint density at radius 3 is 2.92 bits per heavy atom. The molecule has 0 bridgehead atoms. The van der Waals surface area contributed by atoms with Gasteiger partial charge >= 0.3 is 0 Å². The molecule has 1 N–H and O–H groups in total. The van der Waals surface area contributed by atoms with Gasteiger partial charge in [-0.25, -0.2) is 0 Å². The molecule has 0 spiro atoms. The third-order valence-corrected chi connectivity index (χ3v) is 2.59. The molecule has 13 heavy (non-hydrogen) atoms. The summed E-state index contributed by atoms with van der Waals surface area (Å²) < 4.78 is 0. The highest BCUT2D eigenvalue weighted by Gasteiger charge is 2.20. The highest BCUT2D eigenvalue weighted by Crippen LogP contribution is 2.04. The van der Waals surface area contributed by atoms with E-state index in [1.54, 1.807) is 0 Å². The molecule has 1 aliphatic heterocycles. The van der Waals surface area contributed by atoms with Crippen LogP contribution in [0.2, 0.25) is 0 Å². The molecule has 0 aliphatic carbocycles. The molecule has 1 fully saturated rings. The first kappa shape index (κ1) is 10.5. The fourth-order valence-electron chi connectivity index (χ4n) is 1.63. The average Bonchev–Trinajstić information content (AvgIpc) is 2.11. The van der Waals surface area contributed by atoms with Crippen LogP contribution >= 0.6 is 0 Å². The van der Waals surface area contributed by atoms with Gasteiger partial charge in [0.2, 0.25) is 0 Å². The number of likely N-dealkylation sites (N-methyl/N-ethyl adjacent to an activating group) is 2. The molecule has 1 atom stereocenters. The maximum atomic E-state index is 5.17. The molecule has 1 heterocycles. The third kappa shape index (κ3) is 3.35. The number of nitrogens with zero attached hydrogens (tertiary/aromatic N) is 2. The molecule has 1 saturated heterocycles. The lowest BCUT2D eigenvalue weighted by atomic mass is 10.2. The zero-order valence-electron chi connectivity index (χ0n) is 8.58. The molecule has 0 aromatic heterocycles. The Balaban J connectivity index is 2.26. The van der Waals surface area contributed by atoms with Crippen LogP contribution in [0.15, 0.2) is 0 Å². The monoisotopic (exact) mass is 181 g/mol. The number of terminal acetylenes is 1. The highest BCUT2D eigenvalue weighted by molar-refractivity contribution is 4.88. The number of rotatable bonds is 3. The zero-order chi connectivity index (χ0) is 9.68. The van der Waals surface area contributed by atoms with Crippen LogP contribution in [0.25, 0.3) is 0 Å². The van der Waals surface area contributed by atoms with Gasteiger partial charge in [-0.1, -0.05) is 5.92 Å². The summed E-state index contributed by atoms with van der Waals surface area (Å²) in [7, 11) is 4.34. The van der Waals surface area contributed by atoms with Crippen molar-refractivity contribution in [3.05, 3.63) is 0 Å². The van der Waals surface area contributed by atoms with Crippen molar-refractivity contribution in [1.82, 2.24) is 15.1 Å². The standard InChI is InChI=1S/C10H19N3/c1-4-5-11-8-10-9-12(2)6-7-13(10)3/h1,10-11H,5-9H2,2-3H3. The molecule has 3 heteroatoms. The Hall–Kier alpha value is -0.560. The first-order chi connectivity index (χ1) is 6.24. The summed E-state index contributed by atoms with van der Waals surface area (Å²) in [5, 5.41) is 3.25. The van der Waals surface area contributed by atoms with Crippen LogP contribution in [0.1, 0.15) is 0 Å². The summed E-state index contributed by atoms with van der Waals surface area (Å²) in [5.74, 6) is 2.59. The van der Waals surface area contributed by atoms with Gasteiger partial charge in [0.25, 0.3) is 0 Å². The fraction of sp³-hybridized carbons (Fsp3) is 0.800. The molecule has 0 radical (unpaired) electrons. The molecule has 74 valence electrons. The minimum absolute atomic E-state index is 0.604. The summed E-state index contributed by atoms with van der Waals surface area (Å²) in [6.45, 7) is 5.12. The van der Waals surface area contributed by atoms with E-state index in [1.807, 2.05) is 0 Å². The second kappa shape index (κ2) is 5.23. The Morgan fingerprint density at radius 2 is 2.23 bits per heavy atom. The molecule has 0 aromatic rings. The molecule has 3 nitrogen and oxygen atoms in total. The van der Waals surface area contributed by atoms with Gasteiger partial charge in [0.1, 0.15) is 0 Å². The SMILES string of the molecule is C#CCNCC1CN(C)CCN1C. The molecular weight excluding hydrogens is 162 g/mol. The van der Waals surface area contributed by atoms with Gasteiger partial charge in [0.15, 0.2) is 0 Å². The van der Waals surface area contributed by atoms with E-state index in [0.29, 0.717) is 12.6 Å². The Morgan fingerprint density at radius 1 is 1.46 bits per heavy atom. The minimum Gasteiger partial charge on any atom is -0.305 e. The third-order valence-electron chi connectivity index (χ3n) is 2.59. The van der Waals surface area contributed by atoms with E-state index in [2.05, 4.69) is 35.1 Å². The van der Waals surface area contributed by atoms with Crippen molar-refractivity contribution in [2.45, 2.75) is 6.04 Å². The molecule has 1 unspecified atom stereocenters. The molecule has 1 aliphatic rings. The zero-order valence-corrected chi connectivity index (χ0v) is 8.58. The second-order valence-electron chi connectivity index (χ2n) is 3.73. The smallest absolute Gasteiger partial charge is 0.0574 e. The molecule has 1 rings (SSSR count). The molecular formula is C10H19N3. The largest absolute Gasteiger partial charge is 0.305 e. The lowest BCUT2D eigenvalue weighted by Gasteiger charge is -2.37. The van der Waals surface area contributed by atoms with Gasteiger partial charge in [-0.05, 0) is 14.1 Å². The van der Waals surface area contributed by atoms with Crippen molar-refractivity contribution in [3.8, 4) is 12.3 Å². The summed E-state index contributed by atoms with van der Waals surface area (Å²) in [5.41, 5.74) is 0. The molecule has 0 amide bonds. The van der Waals surface area contributed by atoms with E-state index in [4.69, 9.17) is 6.42 Å². The van der Waals surface area contributed by atoms with Crippen molar-refractivity contribution in [2.75, 3.05) is 46.8 Å². The quantitative estimate of drug-likeness (QED) is 0.466. The number of hydrogen-bond donors (Lipinski definition) is 1. The first-order valence-corrected chi connectivity index (χ1v) is 4.77. The second-order valence-corrected chi connectivity index (χ2v) is 3.73. The van der Waals surface area contributed by atoms with Crippen molar-refractivity contribution in [2.24, 2.45) is 0 Å². The van der Waals surface area contributed by atoms with E-state index < -0.39 is 0 Å².